The van der Waals surface area contributed by atoms with E-state index in [1.54, 1.807) is 18.2 Å². The minimum Gasteiger partial charge on any atom is -0.483 e. The highest BCUT2D eigenvalue weighted by Gasteiger charge is 2.12. The molecule has 2 aromatic carbocycles. The Morgan fingerprint density at radius 3 is 2.78 bits per heavy atom. The van der Waals surface area contributed by atoms with Gasteiger partial charge < -0.3 is 4.74 Å². The molecule has 0 bridgehead atoms. The molecule has 1 N–H and O–H groups in total. The predicted octanol–water partition coefficient (Wildman–Crippen LogP) is 6.46. The van der Waals surface area contributed by atoms with Crippen LogP contribution < -0.4 is 10.1 Å². The Hall–Kier alpha value is -1.60. The van der Waals surface area contributed by atoms with Crippen molar-refractivity contribution in [3.63, 3.8) is 0 Å². The summed E-state index contributed by atoms with van der Waals surface area (Å²) in [5.41, 5.74) is 2.62. The second-order valence-electron chi connectivity index (χ2n) is 5.62. The maximum Gasteiger partial charge on any atom is 0.264 e. The highest BCUT2D eigenvalue weighted by atomic mass is 79.9. The van der Waals surface area contributed by atoms with Crippen molar-refractivity contribution in [2.45, 2.75) is 13.3 Å². The van der Waals surface area contributed by atoms with Crippen LogP contribution in [0.15, 0.2) is 46.3 Å². The molecule has 1 heterocycles. The van der Waals surface area contributed by atoms with Gasteiger partial charge >= 0.3 is 0 Å². The Labute approximate surface area is 179 Å². The summed E-state index contributed by atoms with van der Waals surface area (Å²) in [6.07, 6.45) is 0.934. The summed E-state index contributed by atoms with van der Waals surface area (Å²) in [6, 6.07) is 11.0. The van der Waals surface area contributed by atoms with E-state index in [1.807, 2.05) is 23.6 Å². The Balaban J connectivity index is 1.61. The Morgan fingerprint density at radius 2 is 2.07 bits per heavy atom. The summed E-state index contributed by atoms with van der Waals surface area (Å²) in [4.78, 5) is 16.5. The number of hydrogen-bond donors (Lipinski definition) is 1. The molecule has 0 aliphatic heterocycles. The van der Waals surface area contributed by atoms with E-state index in [0.717, 1.165) is 16.5 Å². The van der Waals surface area contributed by atoms with Crippen molar-refractivity contribution in [3.8, 4) is 17.0 Å². The lowest BCUT2D eigenvalue weighted by Gasteiger charge is -2.09. The minimum atomic E-state index is -0.287. The molecule has 4 nitrogen and oxygen atoms in total. The fourth-order valence-corrected chi connectivity index (χ4v) is 4.10. The highest BCUT2D eigenvalue weighted by molar-refractivity contribution is 9.10. The van der Waals surface area contributed by atoms with Crippen molar-refractivity contribution in [2.24, 2.45) is 0 Å². The Morgan fingerprint density at radius 1 is 1.26 bits per heavy atom. The van der Waals surface area contributed by atoms with E-state index in [0.29, 0.717) is 26.6 Å². The first kappa shape index (κ1) is 20.1. The smallest absolute Gasteiger partial charge is 0.264 e. The van der Waals surface area contributed by atoms with Gasteiger partial charge in [0.2, 0.25) is 0 Å². The summed E-state index contributed by atoms with van der Waals surface area (Å²) in [7, 11) is 0. The van der Waals surface area contributed by atoms with Gasteiger partial charge in [-0.05, 0) is 58.2 Å². The molecule has 0 atom stereocenters. The fourth-order valence-electron chi connectivity index (χ4n) is 2.33. The van der Waals surface area contributed by atoms with E-state index in [-0.39, 0.29) is 12.5 Å². The van der Waals surface area contributed by atoms with Crippen molar-refractivity contribution < 1.29 is 9.53 Å². The number of thiazole rings is 1. The molecule has 140 valence electrons. The Bertz CT molecular complexity index is 978. The van der Waals surface area contributed by atoms with Gasteiger partial charge in [0.15, 0.2) is 11.7 Å². The van der Waals surface area contributed by atoms with Crippen LogP contribution >= 0.6 is 50.5 Å². The highest BCUT2D eigenvalue weighted by Crippen LogP contribution is 2.32. The van der Waals surface area contributed by atoms with E-state index in [1.165, 1.54) is 16.9 Å². The van der Waals surface area contributed by atoms with Gasteiger partial charge in [0.1, 0.15) is 5.75 Å². The lowest BCUT2D eigenvalue weighted by molar-refractivity contribution is -0.118. The molecule has 0 spiro atoms. The van der Waals surface area contributed by atoms with Crippen LogP contribution in [0.25, 0.3) is 11.3 Å². The monoisotopic (exact) mass is 484 g/mol. The molecule has 0 saturated heterocycles. The standard InChI is InChI=1S/C19H15BrCl2N2O2S/c1-2-11-3-6-17(14(20)7-11)26-9-18(25)24-19-23-16(10-27-19)13-5-4-12(21)8-15(13)22/h3-8,10H,2,9H2,1H3,(H,23,24,25). The number of carbonyl (C=O) groups is 1. The number of carbonyl (C=O) groups excluding carboxylic acids is 1. The molecule has 27 heavy (non-hydrogen) atoms. The predicted molar refractivity (Wildman–Crippen MR) is 115 cm³/mol. The molecule has 0 saturated carbocycles. The first-order chi connectivity index (χ1) is 13.0. The maximum atomic E-state index is 12.1. The van der Waals surface area contributed by atoms with Crippen molar-refractivity contribution in [2.75, 3.05) is 11.9 Å². The zero-order valence-corrected chi connectivity index (χ0v) is 18.2. The third-order valence-electron chi connectivity index (χ3n) is 3.72. The normalized spacial score (nSPS) is 10.7. The van der Waals surface area contributed by atoms with Crippen LogP contribution in [0.5, 0.6) is 5.75 Å². The van der Waals surface area contributed by atoms with Gasteiger partial charge in [0.05, 0.1) is 15.2 Å². The second kappa shape index (κ2) is 9.06. The molecule has 3 aromatic rings. The molecule has 0 aliphatic carbocycles. The van der Waals surface area contributed by atoms with Gasteiger partial charge in [-0.25, -0.2) is 4.98 Å². The van der Waals surface area contributed by atoms with E-state index >= 15 is 0 Å². The van der Waals surface area contributed by atoms with Crippen molar-refractivity contribution in [1.82, 2.24) is 4.98 Å². The molecule has 8 heteroatoms. The van der Waals surface area contributed by atoms with Crippen LogP contribution in [0.3, 0.4) is 0 Å². The van der Waals surface area contributed by atoms with Crippen molar-refractivity contribution in [3.05, 3.63) is 61.9 Å². The summed E-state index contributed by atoms with van der Waals surface area (Å²) in [5, 5.41) is 6.10. The molecule has 1 aromatic heterocycles. The van der Waals surface area contributed by atoms with Gasteiger partial charge in [0.25, 0.3) is 5.91 Å². The summed E-state index contributed by atoms with van der Waals surface area (Å²) < 4.78 is 6.40. The number of aryl methyl sites for hydroxylation is 1. The molecule has 1 amide bonds. The lowest BCUT2D eigenvalue weighted by Crippen LogP contribution is -2.20. The first-order valence-electron chi connectivity index (χ1n) is 8.08. The van der Waals surface area contributed by atoms with E-state index < -0.39 is 0 Å². The van der Waals surface area contributed by atoms with E-state index in [9.17, 15) is 4.79 Å². The van der Waals surface area contributed by atoms with Gasteiger partial charge in [0, 0.05) is 16.0 Å². The summed E-state index contributed by atoms with van der Waals surface area (Å²) in [5.74, 6) is 0.333. The van der Waals surface area contributed by atoms with Crippen LogP contribution in [-0.4, -0.2) is 17.5 Å². The molecule has 0 fully saturated rings. The molecule has 0 unspecified atom stereocenters. The maximum absolute atomic E-state index is 12.1. The molecule has 0 aliphatic rings. The van der Waals surface area contributed by atoms with Gasteiger partial charge in [-0.2, -0.15) is 0 Å². The SMILES string of the molecule is CCc1ccc(OCC(=O)Nc2nc(-c3ccc(Cl)cc3Cl)cs2)c(Br)c1. The number of aromatic nitrogens is 1. The van der Waals surface area contributed by atoms with E-state index in [2.05, 4.69) is 33.2 Å². The van der Waals surface area contributed by atoms with Crippen molar-refractivity contribution in [1.29, 1.82) is 0 Å². The number of rotatable bonds is 6. The number of nitrogens with zero attached hydrogens (tertiary/aromatic N) is 1. The van der Waals surface area contributed by atoms with Crippen LogP contribution in [0.2, 0.25) is 10.0 Å². The zero-order valence-electron chi connectivity index (χ0n) is 14.3. The molecule has 3 rings (SSSR count). The lowest BCUT2D eigenvalue weighted by atomic mass is 10.2. The number of amides is 1. The average molecular weight is 486 g/mol. The van der Waals surface area contributed by atoms with Crippen LogP contribution in [0.4, 0.5) is 5.13 Å². The zero-order chi connectivity index (χ0) is 19.4. The quantitative estimate of drug-likeness (QED) is 0.435. The van der Waals surface area contributed by atoms with Crippen LogP contribution in [-0.2, 0) is 11.2 Å². The molecular weight excluding hydrogens is 471 g/mol. The number of anilines is 1. The summed E-state index contributed by atoms with van der Waals surface area (Å²) >= 11 is 16.9. The number of benzene rings is 2. The van der Waals surface area contributed by atoms with E-state index in [4.69, 9.17) is 27.9 Å². The van der Waals surface area contributed by atoms with Crippen LogP contribution in [0, 0.1) is 0 Å². The second-order valence-corrected chi connectivity index (χ2v) is 8.17. The number of ether oxygens (including phenoxy) is 1. The number of halogens is 3. The average Bonchev–Trinajstić information content (AvgIpc) is 3.08. The summed E-state index contributed by atoms with van der Waals surface area (Å²) in [6.45, 7) is 1.97. The van der Waals surface area contributed by atoms with Crippen molar-refractivity contribution >= 4 is 61.5 Å². The molecular formula is C19H15BrCl2N2O2S. The number of nitrogens with one attached hydrogen (secondary N) is 1. The largest absolute Gasteiger partial charge is 0.483 e. The third-order valence-corrected chi connectivity index (χ3v) is 5.65. The minimum absolute atomic E-state index is 0.110. The topological polar surface area (TPSA) is 51.2 Å². The first-order valence-corrected chi connectivity index (χ1v) is 10.5. The van der Waals surface area contributed by atoms with Gasteiger partial charge in [-0.1, -0.05) is 36.2 Å². The third kappa shape index (κ3) is 5.23. The Kier molecular flexibility index (Phi) is 6.76. The van der Waals surface area contributed by atoms with Crippen LogP contribution in [0.1, 0.15) is 12.5 Å². The van der Waals surface area contributed by atoms with Gasteiger partial charge in [-0.15, -0.1) is 11.3 Å². The van der Waals surface area contributed by atoms with Gasteiger partial charge in [-0.3, -0.25) is 10.1 Å². The molecule has 0 radical (unpaired) electrons. The number of hydrogen-bond acceptors (Lipinski definition) is 4. The fraction of sp³-hybridized carbons (Fsp3) is 0.158.